The van der Waals surface area contributed by atoms with Crippen molar-refractivity contribution in [2.45, 2.75) is 25.3 Å². The SMILES string of the molecule is CCC(Cl)c1cn(Cc2c(F)cccc2Cl)nn1. The maximum absolute atomic E-state index is 13.6. The first-order chi connectivity index (χ1) is 8.61. The summed E-state index contributed by atoms with van der Waals surface area (Å²) in [5.41, 5.74) is 1.09. The Balaban J connectivity index is 2.21. The van der Waals surface area contributed by atoms with E-state index in [1.165, 1.54) is 10.7 Å². The molecule has 0 radical (unpaired) electrons. The number of halogens is 3. The lowest BCUT2D eigenvalue weighted by Crippen LogP contribution is -2.03. The van der Waals surface area contributed by atoms with E-state index in [4.69, 9.17) is 23.2 Å². The highest BCUT2D eigenvalue weighted by Crippen LogP contribution is 2.23. The first-order valence-electron chi connectivity index (χ1n) is 5.58. The van der Waals surface area contributed by atoms with Gasteiger partial charge in [0.15, 0.2) is 0 Å². The van der Waals surface area contributed by atoms with Crippen molar-refractivity contribution in [3.63, 3.8) is 0 Å². The fraction of sp³-hybridized carbons (Fsp3) is 0.333. The van der Waals surface area contributed by atoms with Gasteiger partial charge in [0, 0.05) is 10.6 Å². The molecule has 0 aliphatic rings. The number of hydrogen-bond acceptors (Lipinski definition) is 2. The molecule has 0 saturated heterocycles. The molecule has 3 nitrogen and oxygen atoms in total. The predicted molar refractivity (Wildman–Crippen MR) is 69.4 cm³/mol. The van der Waals surface area contributed by atoms with Gasteiger partial charge >= 0.3 is 0 Å². The van der Waals surface area contributed by atoms with Crippen LogP contribution in [0.1, 0.15) is 30.0 Å². The van der Waals surface area contributed by atoms with Gasteiger partial charge in [-0.2, -0.15) is 0 Å². The van der Waals surface area contributed by atoms with Crippen LogP contribution in [0, 0.1) is 5.82 Å². The first kappa shape index (κ1) is 13.3. The van der Waals surface area contributed by atoms with Crippen molar-refractivity contribution in [2.75, 3.05) is 0 Å². The molecule has 2 rings (SSSR count). The van der Waals surface area contributed by atoms with Gasteiger partial charge in [-0.15, -0.1) is 16.7 Å². The van der Waals surface area contributed by atoms with Crippen molar-refractivity contribution in [2.24, 2.45) is 0 Å². The van der Waals surface area contributed by atoms with Gasteiger partial charge in [-0.1, -0.05) is 29.8 Å². The molecule has 2 aromatic rings. The maximum atomic E-state index is 13.6. The minimum Gasteiger partial charge on any atom is -0.248 e. The van der Waals surface area contributed by atoms with E-state index in [0.29, 0.717) is 16.3 Å². The summed E-state index contributed by atoms with van der Waals surface area (Å²) in [5.74, 6) is -0.350. The quantitative estimate of drug-likeness (QED) is 0.801. The number of nitrogens with zero attached hydrogens (tertiary/aromatic N) is 3. The predicted octanol–water partition coefficient (Wildman–Crippen LogP) is 3.81. The molecule has 1 aromatic heterocycles. The lowest BCUT2D eigenvalue weighted by Gasteiger charge is -2.05. The number of alkyl halides is 1. The van der Waals surface area contributed by atoms with Crippen LogP contribution in [0.25, 0.3) is 0 Å². The van der Waals surface area contributed by atoms with Crippen LogP contribution < -0.4 is 0 Å². The van der Waals surface area contributed by atoms with Crippen molar-refractivity contribution >= 4 is 23.2 Å². The first-order valence-corrected chi connectivity index (χ1v) is 6.40. The van der Waals surface area contributed by atoms with Crippen LogP contribution in [0.2, 0.25) is 5.02 Å². The second-order valence-corrected chi connectivity index (χ2v) is 4.85. The van der Waals surface area contributed by atoms with Crippen molar-refractivity contribution in [1.29, 1.82) is 0 Å². The zero-order valence-electron chi connectivity index (χ0n) is 9.78. The molecule has 0 fully saturated rings. The van der Waals surface area contributed by atoms with E-state index in [2.05, 4.69) is 10.3 Å². The fourth-order valence-corrected chi connectivity index (χ4v) is 1.91. The van der Waals surface area contributed by atoms with Crippen molar-refractivity contribution in [1.82, 2.24) is 15.0 Å². The van der Waals surface area contributed by atoms with E-state index < -0.39 is 0 Å². The number of benzene rings is 1. The maximum Gasteiger partial charge on any atom is 0.129 e. The molecule has 1 aromatic carbocycles. The largest absolute Gasteiger partial charge is 0.248 e. The monoisotopic (exact) mass is 287 g/mol. The second kappa shape index (κ2) is 5.67. The minimum atomic E-state index is -0.350. The summed E-state index contributed by atoms with van der Waals surface area (Å²) in [4.78, 5) is 0. The summed E-state index contributed by atoms with van der Waals surface area (Å²) in [6.45, 7) is 2.20. The fourth-order valence-electron chi connectivity index (χ4n) is 1.59. The Morgan fingerprint density at radius 3 is 2.89 bits per heavy atom. The standard InChI is InChI=1S/C12H12Cl2FN3/c1-2-9(13)12-7-18(17-16-12)6-8-10(14)4-3-5-11(8)15/h3-5,7,9H,2,6H2,1H3. The van der Waals surface area contributed by atoms with Gasteiger partial charge < -0.3 is 0 Å². The van der Waals surface area contributed by atoms with E-state index in [-0.39, 0.29) is 17.7 Å². The number of aromatic nitrogens is 3. The van der Waals surface area contributed by atoms with Crippen molar-refractivity contribution in [3.05, 3.63) is 46.5 Å². The highest BCUT2D eigenvalue weighted by molar-refractivity contribution is 6.31. The molecule has 96 valence electrons. The van der Waals surface area contributed by atoms with Crippen LogP contribution in [0.4, 0.5) is 4.39 Å². The van der Waals surface area contributed by atoms with Crippen molar-refractivity contribution < 1.29 is 4.39 Å². The van der Waals surface area contributed by atoms with Crippen LogP contribution in [0.5, 0.6) is 0 Å². The van der Waals surface area contributed by atoms with Gasteiger partial charge in [0.25, 0.3) is 0 Å². The molecule has 1 atom stereocenters. The van der Waals surface area contributed by atoms with Gasteiger partial charge in [-0.05, 0) is 18.6 Å². The van der Waals surface area contributed by atoms with E-state index in [1.54, 1.807) is 18.3 Å². The summed E-state index contributed by atoms with van der Waals surface area (Å²) >= 11 is 12.0. The molecule has 0 saturated carbocycles. The van der Waals surface area contributed by atoms with Crippen LogP contribution in [-0.2, 0) is 6.54 Å². The Hall–Kier alpha value is -1.13. The molecule has 0 N–H and O–H groups in total. The third-order valence-electron chi connectivity index (χ3n) is 2.62. The van der Waals surface area contributed by atoms with Gasteiger partial charge in [0.1, 0.15) is 11.5 Å². The Labute approximate surface area is 115 Å². The lowest BCUT2D eigenvalue weighted by atomic mass is 10.2. The normalized spacial score (nSPS) is 12.7. The van der Waals surface area contributed by atoms with E-state index in [1.807, 2.05) is 6.92 Å². The summed E-state index contributed by atoms with van der Waals surface area (Å²) in [7, 11) is 0. The summed E-state index contributed by atoms with van der Waals surface area (Å²) < 4.78 is 15.1. The van der Waals surface area contributed by atoms with Gasteiger partial charge in [-0.3, -0.25) is 0 Å². The summed E-state index contributed by atoms with van der Waals surface area (Å²) in [6.07, 6.45) is 2.48. The zero-order chi connectivity index (χ0) is 13.1. The van der Waals surface area contributed by atoms with E-state index >= 15 is 0 Å². The molecule has 0 aliphatic carbocycles. The molecule has 0 amide bonds. The Morgan fingerprint density at radius 1 is 1.44 bits per heavy atom. The molecule has 0 aliphatic heterocycles. The molecule has 18 heavy (non-hydrogen) atoms. The van der Waals surface area contributed by atoms with Crippen LogP contribution in [0.3, 0.4) is 0 Å². The molecule has 0 spiro atoms. The molecular formula is C12H12Cl2FN3. The summed E-state index contributed by atoms with van der Waals surface area (Å²) in [5, 5.41) is 8.09. The lowest BCUT2D eigenvalue weighted by molar-refractivity contribution is 0.577. The Morgan fingerprint density at radius 2 is 2.22 bits per heavy atom. The average molecular weight is 288 g/mol. The summed E-state index contributed by atoms with van der Waals surface area (Å²) in [6, 6.07) is 4.59. The smallest absolute Gasteiger partial charge is 0.129 e. The average Bonchev–Trinajstić information content (AvgIpc) is 2.81. The highest BCUT2D eigenvalue weighted by Gasteiger charge is 2.12. The van der Waals surface area contributed by atoms with Crippen LogP contribution in [0.15, 0.2) is 24.4 Å². The number of hydrogen-bond donors (Lipinski definition) is 0. The highest BCUT2D eigenvalue weighted by atomic mass is 35.5. The second-order valence-electron chi connectivity index (χ2n) is 3.92. The van der Waals surface area contributed by atoms with Crippen molar-refractivity contribution in [3.8, 4) is 0 Å². The van der Waals surface area contributed by atoms with E-state index in [9.17, 15) is 4.39 Å². The third-order valence-corrected chi connectivity index (χ3v) is 3.50. The minimum absolute atomic E-state index is 0.171. The number of rotatable bonds is 4. The molecule has 0 bridgehead atoms. The van der Waals surface area contributed by atoms with Gasteiger partial charge in [0.2, 0.25) is 0 Å². The Bertz CT molecular complexity index is 522. The van der Waals surface area contributed by atoms with E-state index in [0.717, 1.165) is 6.42 Å². The molecule has 1 unspecified atom stereocenters. The zero-order valence-corrected chi connectivity index (χ0v) is 11.3. The topological polar surface area (TPSA) is 30.7 Å². The van der Waals surface area contributed by atoms with Gasteiger partial charge in [0.05, 0.1) is 18.1 Å². The van der Waals surface area contributed by atoms with Crippen LogP contribution in [-0.4, -0.2) is 15.0 Å². The van der Waals surface area contributed by atoms with Gasteiger partial charge in [-0.25, -0.2) is 9.07 Å². The molecule has 6 heteroatoms. The molecule has 1 heterocycles. The molecular weight excluding hydrogens is 276 g/mol. The Kier molecular flexibility index (Phi) is 4.19. The van der Waals surface area contributed by atoms with Crippen LogP contribution >= 0.6 is 23.2 Å². The third kappa shape index (κ3) is 2.82.